The molecule has 0 aromatic carbocycles. The van der Waals surface area contributed by atoms with Crippen LogP contribution in [-0.2, 0) is 0 Å². The first kappa shape index (κ1) is 25.0. The molecule has 0 aromatic heterocycles. The zero-order valence-corrected chi connectivity index (χ0v) is 17.1. The molecule has 0 bridgehead atoms. The molecule has 2 heteroatoms. The summed E-state index contributed by atoms with van der Waals surface area (Å²) in [6.45, 7) is 2.29. The summed E-state index contributed by atoms with van der Waals surface area (Å²) >= 11 is 0. The van der Waals surface area contributed by atoms with Crippen LogP contribution in [0.25, 0.3) is 0 Å². The molecular formula is C21H42ClN. The molecule has 0 saturated carbocycles. The highest BCUT2D eigenvalue weighted by molar-refractivity contribution is 4.99. The first-order valence-corrected chi connectivity index (χ1v) is 9.72. The molecule has 23 heavy (non-hydrogen) atoms. The van der Waals surface area contributed by atoms with Crippen LogP contribution in [0.1, 0.15) is 90.4 Å². The third-order valence-corrected chi connectivity index (χ3v) is 4.00. The van der Waals surface area contributed by atoms with Gasteiger partial charge < -0.3 is 16.9 Å². The lowest BCUT2D eigenvalue weighted by atomic mass is 10.0. The highest BCUT2D eigenvalue weighted by Gasteiger charge is 1.97. The van der Waals surface area contributed by atoms with E-state index in [4.69, 9.17) is 0 Å². The molecule has 0 aromatic rings. The Morgan fingerprint density at radius 1 is 0.609 bits per heavy atom. The average molecular weight is 344 g/mol. The van der Waals surface area contributed by atoms with Crippen molar-refractivity contribution >= 4 is 0 Å². The summed E-state index contributed by atoms with van der Waals surface area (Å²) in [7, 11) is 6.53. The Bertz CT molecular complexity index is 276. The van der Waals surface area contributed by atoms with Gasteiger partial charge in [-0.15, -0.1) is 0 Å². The van der Waals surface area contributed by atoms with Crippen molar-refractivity contribution in [3.63, 3.8) is 0 Å². The largest absolute Gasteiger partial charge is 1.00 e. The Labute approximate surface area is 153 Å². The van der Waals surface area contributed by atoms with E-state index in [1.54, 1.807) is 0 Å². The van der Waals surface area contributed by atoms with Crippen molar-refractivity contribution in [2.45, 2.75) is 90.4 Å². The summed E-state index contributed by atoms with van der Waals surface area (Å²) in [6.07, 6.45) is 27.3. The standard InChI is InChI=1S/C21H42N.ClH/c1-5-6-7-8-9-10-11-12-13-14-15-16-17-18-19-20-21-22(2,3)4;/h18-21H,5-17H2,1-4H3;1H/q+1;/p-1. The first-order chi connectivity index (χ1) is 10.6. The summed E-state index contributed by atoms with van der Waals surface area (Å²) in [6, 6.07) is 0. The van der Waals surface area contributed by atoms with E-state index >= 15 is 0 Å². The number of halogens is 1. The Kier molecular flexibility index (Phi) is 19.6. The van der Waals surface area contributed by atoms with Crippen LogP contribution in [0.4, 0.5) is 0 Å². The fourth-order valence-corrected chi connectivity index (χ4v) is 2.59. The van der Waals surface area contributed by atoms with Gasteiger partial charge in [0.05, 0.1) is 27.3 Å². The number of hydrogen-bond acceptors (Lipinski definition) is 0. The van der Waals surface area contributed by atoms with Crippen molar-refractivity contribution in [2.24, 2.45) is 0 Å². The maximum Gasteiger partial charge on any atom is 0.0952 e. The minimum absolute atomic E-state index is 0. The van der Waals surface area contributed by atoms with Gasteiger partial charge >= 0.3 is 0 Å². The second-order valence-electron chi connectivity index (χ2n) is 7.56. The van der Waals surface area contributed by atoms with E-state index in [0.717, 1.165) is 4.48 Å². The lowest BCUT2D eigenvalue weighted by molar-refractivity contribution is -0.817. The molecule has 0 aliphatic rings. The monoisotopic (exact) mass is 343 g/mol. The van der Waals surface area contributed by atoms with Crippen LogP contribution in [0.5, 0.6) is 0 Å². The molecule has 0 atom stereocenters. The predicted molar refractivity (Wildman–Crippen MR) is 102 cm³/mol. The molecule has 0 saturated heterocycles. The van der Waals surface area contributed by atoms with Gasteiger partial charge in [0.2, 0.25) is 0 Å². The number of quaternary nitrogens is 1. The van der Waals surface area contributed by atoms with Gasteiger partial charge in [-0.05, 0) is 18.9 Å². The minimum Gasteiger partial charge on any atom is -1.00 e. The van der Waals surface area contributed by atoms with E-state index in [9.17, 15) is 0 Å². The van der Waals surface area contributed by atoms with Crippen molar-refractivity contribution in [1.82, 2.24) is 0 Å². The third-order valence-electron chi connectivity index (χ3n) is 4.00. The van der Waals surface area contributed by atoms with Gasteiger partial charge in [0.1, 0.15) is 0 Å². The Hall–Kier alpha value is -0.270. The molecule has 138 valence electrons. The third kappa shape index (κ3) is 24.1. The summed E-state index contributed by atoms with van der Waals surface area (Å²) in [5.41, 5.74) is 0. The first-order valence-electron chi connectivity index (χ1n) is 9.72. The quantitative estimate of drug-likeness (QED) is 0.240. The molecule has 0 spiro atoms. The zero-order valence-electron chi connectivity index (χ0n) is 16.3. The van der Waals surface area contributed by atoms with Crippen molar-refractivity contribution in [1.29, 1.82) is 0 Å². The Morgan fingerprint density at radius 2 is 1.04 bits per heavy atom. The maximum atomic E-state index is 2.31. The van der Waals surface area contributed by atoms with Crippen LogP contribution in [0.2, 0.25) is 0 Å². The van der Waals surface area contributed by atoms with Crippen LogP contribution < -0.4 is 12.4 Å². The fraction of sp³-hybridized carbons (Fsp3) is 0.810. The summed E-state index contributed by atoms with van der Waals surface area (Å²) in [5, 5.41) is 0. The van der Waals surface area contributed by atoms with E-state index in [2.05, 4.69) is 52.5 Å². The van der Waals surface area contributed by atoms with Crippen LogP contribution in [-0.4, -0.2) is 25.6 Å². The molecule has 0 N–H and O–H groups in total. The maximum absolute atomic E-state index is 2.31. The molecule has 0 amide bonds. The number of nitrogens with zero attached hydrogens (tertiary/aromatic N) is 1. The molecular weight excluding hydrogens is 302 g/mol. The minimum atomic E-state index is 0. The van der Waals surface area contributed by atoms with E-state index < -0.39 is 0 Å². The van der Waals surface area contributed by atoms with Crippen molar-refractivity contribution in [3.8, 4) is 0 Å². The zero-order chi connectivity index (χ0) is 16.5. The molecule has 0 rings (SSSR count). The van der Waals surface area contributed by atoms with Crippen LogP contribution in [0.3, 0.4) is 0 Å². The number of hydrogen-bond donors (Lipinski definition) is 0. The molecule has 0 fully saturated rings. The van der Waals surface area contributed by atoms with Gasteiger partial charge in [-0.25, -0.2) is 0 Å². The van der Waals surface area contributed by atoms with Gasteiger partial charge in [0.15, 0.2) is 0 Å². The second-order valence-corrected chi connectivity index (χ2v) is 7.56. The van der Waals surface area contributed by atoms with E-state index in [1.807, 2.05) is 0 Å². The van der Waals surface area contributed by atoms with Gasteiger partial charge in [-0.1, -0.05) is 89.7 Å². The normalized spacial score (nSPS) is 12.2. The van der Waals surface area contributed by atoms with Gasteiger partial charge in [0, 0.05) is 0 Å². The van der Waals surface area contributed by atoms with Gasteiger partial charge in [0.25, 0.3) is 0 Å². The number of allylic oxidation sites excluding steroid dienone is 3. The van der Waals surface area contributed by atoms with Crippen molar-refractivity contribution in [3.05, 3.63) is 24.4 Å². The molecule has 0 heterocycles. The molecule has 0 aliphatic heterocycles. The highest BCUT2D eigenvalue weighted by Crippen LogP contribution is 2.12. The molecule has 1 nitrogen and oxygen atoms in total. The SMILES string of the molecule is CCCCCCCCCCCCCCC=CC=C[N+](C)(C)C.[Cl-]. The highest BCUT2D eigenvalue weighted by atomic mass is 35.5. The fourth-order valence-electron chi connectivity index (χ4n) is 2.59. The number of rotatable bonds is 15. The Balaban J connectivity index is 0. The van der Waals surface area contributed by atoms with Crippen molar-refractivity contribution < 1.29 is 16.9 Å². The average Bonchev–Trinajstić information content (AvgIpc) is 2.45. The van der Waals surface area contributed by atoms with E-state index in [-0.39, 0.29) is 12.4 Å². The predicted octanol–water partition coefficient (Wildman–Crippen LogP) is 3.86. The van der Waals surface area contributed by atoms with E-state index in [0.29, 0.717) is 0 Å². The lowest BCUT2D eigenvalue weighted by Gasteiger charge is -2.16. The van der Waals surface area contributed by atoms with Crippen LogP contribution in [0, 0.1) is 0 Å². The molecule has 0 aliphatic carbocycles. The summed E-state index contributed by atoms with van der Waals surface area (Å²) in [5.74, 6) is 0. The van der Waals surface area contributed by atoms with Crippen LogP contribution in [0.15, 0.2) is 24.4 Å². The van der Waals surface area contributed by atoms with Gasteiger partial charge in [-0.3, -0.25) is 0 Å². The second kappa shape index (κ2) is 18.1. The summed E-state index contributed by atoms with van der Waals surface area (Å²) in [4.78, 5) is 0. The summed E-state index contributed by atoms with van der Waals surface area (Å²) < 4.78 is 0.892. The smallest absolute Gasteiger partial charge is 0.0952 e. The van der Waals surface area contributed by atoms with Crippen LogP contribution >= 0.6 is 0 Å². The van der Waals surface area contributed by atoms with Gasteiger partial charge in [-0.2, -0.15) is 0 Å². The van der Waals surface area contributed by atoms with E-state index in [1.165, 1.54) is 83.5 Å². The molecule has 0 unspecified atom stereocenters. The topological polar surface area (TPSA) is 0 Å². The Morgan fingerprint density at radius 3 is 1.48 bits per heavy atom. The molecule has 0 radical (unpaired) electrons. The lowest BCUT2D eigenvalue weighted by Crippen LogP contribution is -3.00. The number of unbranched alkanes of at least 4 members (excludes halogenated alkanes) is 12. The van der Waals surface area contributed by atoms with Crippen molar-refractivity contribution in [2.75, 3.05) is 21.1 Å².